The summed E-state index contributed by atoms with van der Waals surface area (Å²) in [4.78, 5) is 26.7. The average Bonchev–Trinajstić information content (AvgIpc) is 3.14. The molecule has 0 aliphatic carbocycles. The number of piperidine rings is 1. The molecular weight excluding hydrogens is 384 g/mol. The van der Waals surface area contributed by atoms with Crippen molar-refractivity contribution in [3.8, 4) is 5.75 Å². The van der Waals surface area contributed by atoms with Gasteiger partial charge in [0.05, 0.1) is 31.9 Å². The van der Waals surface area contributed by atoms with E-state index in [1.807, 2.05) is 43.3 Å². The molecule has 158 valence electrons. The average molecular weight is 410 g/mol. The summed E-state index contributed by atoms with van der Waals surface area (Å²) in [5.41, 5.74) is 2.06. The number of para-hydroxylation sites is 1. The first kappa shape index (κ1) is 20.2. The Morgan fingerprint density at radius 2 is 1.83 bits per heavy atom. The molecule has 1 N–H and O–H groups in total. The van der Waals surface area contributed by atoms with Crippen molar-refractivity contribution in [3.63, 3.8) is 0 Å². The van der Waals surface area contributed by atoms with Crippen molar-refractivity contribution >= 4 is 39.5 Å². The van der Waals surface area contributed by atoms with Crippen molar-refractivity contribution in [3.05, 3.63) is 36.4 Å². The van der Waals surface area contributed by atoms with Crippen molar-refractivity contribution in [2.45, 2.75) is 25.8 Å². The maximum absolute atomic E-state index is 12.9. The molecule has 1 aromatic heterocycles. The summed E-state index contributed by atoms with van der Waals surface area (Å²) in [5.74, 6) is 0.201. The highest BCUT2D eigenvalue weighted by atomic mass is 16.5. The summed E-state index contributed by atoms with van der Waals surface area (Å²) in [7, 11) is 3.00. The largest absolute Gasteiger partial charge is 0.495 e. The van der Waals surface area contributed by atoms with Crippen LogP contribution in [0.4, 0.5) is 5.69 Å². The molecule has 3 aromatic rings. The van der Waals surface area contributed by atoms with E-state index in [0.29, 0.717) is 43.0 Å². The number of benzene rings is 2. The van der Waals surface area contributed by atoms with E-state index in [1.54, 1.807) is 7.11 Å². The van der Waals surface area contributed by atoms with Crippen LogP contribution < -0.4 is 10.1 Å². The number of nitrogens with zero attached hydrogens (tertiary/aromatic N) is 1. The fourth-order valence-corrected chi connectivity index (χ4v) is 4.11. The molecule has 2 aromatic carbocycles. The van der Waals surface area contributed by atoms with E-state index in [4.69, 9.17) is 13.9 Å². The van der Waals surface area contributed by atoms with Gasteiger partial charge in [0.2, 0.25) is 5.91 Å². The van der Waals surface area contributed by atoms with Gasteiger partial charge in [0, 0.05) is 16.8 Å². The summed E-state index contributed by atoms with van der Waals surface area (Å²) >= 11 is 0. The molecule has 1 aliphatic rings. The van der Waals surface area contributed by atoms with Crippen LogP contribution in [0.1, 0.15) is 19.8 Å². The van der Waals surface area contributed by atoms with Gasteiger partial charge in [0.25, 0.3) is 0 Å². The molecule has 30 heavy (non-hydrogen) atoms. The van der Waals surface area contributed by atoms with Gasteiger partial charge in [-0.1, -0.05) is 18.2 Å². The van der Waals surface area contributed by atoms with Crippen LogP contribution in [0.2, 0.25) is 0 Å². The van der Waals surface area contributed by atoms with Gasteiger partial charge in [0.15, 0.2) is 0 Å². The molecule has 0 spiro atoms. The van der Waals surface area contributed by atoms with Crippen molar-refractivity contribution in [1.82, 2.24) is 4.90 Å². The monoisotopic (exact) mass is 410 g/mol. The molecule has 1 amide bonds. The second kappa shape index (κ2) is 8.36. The summed E-state index contributed by atoms with van der Waals surface area (Å²) < 4.78 is 16.3. The Kier molecular flexibility index (Phi) is 5.63. The number of amides is 1. The maximum Gasteiger partial charge on any atom is 0.308 e. The third kappa shape index (κ3) is 3.73. The van der Waals surface area contributed by atoms with Crippen molar-refractivity contribution in [2.75, 3.05) is 32.6 Å². The first-order valence-corrected chi connectivity index (χ1v) is 10.1. The highest BCUT2D eigenvalue weighted by Gasteiger charge is 2.30. The Bertz CT molecular complexity index is 1080. The molecule has 1 atom stereocenters. The molecule has 0 saturated carbocycles. The molecule has 0 bridgehead atoms. The number of rotatable bonds is 5. The molecule has 7 nitrogen and oxygen atoms in total. The second-order valence-electron chi connectivity index (χ2n) is 7.65. The number of hydrogen-bond acceptors (Lipinski definition) is 6. The normalized spacial score (nSPS) is 16.5. The van der Waals surface area contributed by atoms with E-state index in [9.17, 15) is 9.59 Å². The highest BCUT2D eigenvalue weighted by molar-refractivity contribution is 6.08. The lowest BCUT2D eigenvalue weighted by Crippen LogP contribution is -2.47. The smallest absolute Gasteiger partial charge is 0.308 e. The van der Waals surface area contributed by atoms with Crippen LogP contribution in [-0.2, 0) is 14.3 Å². The summed E-state index contributed by atoms with van der Waals surface area (Å²) in [6.45, 7) is 3.22. The van der Waals surface area contributed by atoms with Crippen LogP contribution >= 0.6 is 0 Å². The number of nitrogens with one attached hydrogen (secondary N) is 1. The van der Waals surface area contributed by atoms with Crippen LogP contribution in [0.25, 0.3) is 21.9 Å². The Hall–Kier alpha value is -3.06. The van der Waals surface area contributed by atoms with E-state index < -0.39 is 0 Å². The third-order valence-electron chi connectivity index (χ3n) is 5.95. The molecular formula is C23H26N2O5. The molecule has 2 heterocycles. The van der Waals surface area contributed by atoms with Crippen LogP contribution in [0.5, 0.6) is 5.75 Å². The van der Waals surface area contributed by atoms with Gasteiger partial charge in [-0.3, -0.25) is 14.5 Å². The van der Waals surface area contributed by atoms with Gasteiger partial charge in [-0.15, -0.1) is 0 Å². The molecule has 1 saturated heterocycles. The predicted molar refractivity (Wildman–Crippen MR) is 115 cm³/mol. The number of ether oxygens (including phenoxy) is 2. The number of fused-ring (bicyclic) bond motifs is 3. The van der Waals surface area contributed by atoms with Crippen LogP contribution in [0, 0.1) is 5.92 Å². The third-order valence-corrected chi connectivity index (χ3v) is 5.95. The quantitative estimate of drug-likeness (QED) is 0.645. The SMILES string of the molecule is COC(=O)C1CCN([C@@H](C)C(=O)Nc2cc3oc4ccccc4c3cc2OC)CC1. The topological polar surface area (TPSA) is 81.0 Å². The predicted octanol–water partition coefficient (Wildman–Crippen LogP) is 3.81. The number of carbonyl (C=O) groups is 2. The number of methoxy groups -OCH3 is 2. The van der Waals surface area contributed by atoms with Crippen molar-refractivity contribution in [2.24, 2.45) is 5.92 Å². The minimum Gasteiger partial charge on any atom is -0.495 e. The molecule has 7 heteroatoms. The number of carbonyl (C=O) groups excluding carboxylic acids is 2. The second-order valence-corrected chi connectivity index (χ2v) is 7.65. The number of esters is 1. The van der Waals surface area contributed by atoms with E-state index in [0.717, 1.165) is 16.4 Å². The summed E-state index contributed by atoms with van der Waals surface area (Å²) in [6.07, 6.45) is 1.39. The summed E-state index contributed by atoms with van der Waals surface area (Å²) in [6, 6.07) is 11.2. The standard InChI is InChI=1S/C23H26N2O5/c1-14(25-10-8-15(9-11-25)23(27)29-3)22(26)24-18-13-20-17(12-21(18)28-2)16-6-4-5-7-19(16)30-20/h4-7,12-15H,8-11H2,1-3H3,(H,24,26)/t14-/m0/s1. The maximum atomic E-state index is 12.9. The lowest BCUT2D eigenvalue weighted by molar-refractivity contribution is -0.147. The Labute approximate surface area is 174 Å². The van der Waals surface area contributed by atoms with Crippen molar-refractivity contribution in [1.29, 1.82) is 0 Å². The first-order valence-electron chi connectivity index (χ1n) is 10.1. The lowest BCUT2D eigenvalue weighted by Gasteiger charge is -2.34. The zero-order valence-electron chi connectivity index (χ0n) is 17.4. The summed E-state index contributed by atoms with van der Waals surface area (Å²) in [5, 5.41) is 4.93. The van der Waals surface area contributed by atoms with Gasteiger partial charge >= 0.3 is 5.97 Å². The van der Waals surface area contributed by atoms with Gasteiger partial charge in [0.1, 0.15) is 16.9 Å². The van der Waals surface area contributed by atoms with Gasteiger partial charge in [-0.25, -0.2) is 0 Å². The lowest BCUT2D eigenvalue weighted by atomic mass is 9.96. The Balaban J connectivity index is 1.51. The van der Waals surface area contributed by atoms with E-state index >= 15 is 0 Å². The number of anilines is 1. The van der Waals surface area contributed by atoms with Gasteiger partial charge in [-0.05, 0) is 45.0 Å². The van der Waals surface area contributed by atoms with Crippen LogP contribution in [-0.4, -0.2) is 50.1 Å². The number of hydrogen-bond donors (Lipinski definition) is 1. The van der Waals surface area contributed by atoms with E-state index in [-0.39, 0.29) is 23.8 Å². The fraction of sp³-hybridized carbons (Fsp3) is 0.391. The molecule has 1 aliphatic heterocycles. The van der Waals surface area contributed by atoms with E-state index in [2.05, 4.69) is 10.2 Å². The van der Waals surface area contributed by atoms with Crippen LogP contribution in [0.3, 0.4) is 0 Å². The number of likely N-dealkylation sites (tertiary alicyclic amines) is 1. The minimum absolute atomic E-state index is 0.0860. The van der Waals surface area contributed by atoms with Crippen molar-refractivity contribution < 1.29 is 23.5 Å². The minimum atomic E-state index is -0.334. The van der Waals surface area contributed by atoms with Gasteiger partial charge in [-0.2, -0.15) is 0 Å². The van der Waals surface area contributed by atoms with E-state index in [1.165, 1.54) is 7.11 Å². The molecule has 0 radical (unpaired) electrons. The zero-order chi connectivity index (χ0) is 21.3. The highest BCUT2D eigenvalue weighted by Crippen LogP contribution is 2.36. The zero-order valence-corrected chi connectivity index (χ0v) is 17.4. The van der Waals surface area contributed by atoms with Crippen LogP contribution in [0.15, 0.2) is 40.8 Å². The molecule has 1 fully saturated rings. The number of furan rings is 1. The Morgan fingerprint density at radius 3 is 2.53 bits per heavy atom. The van der Waals surface area contributed by atoms with Gasteiger partial charge < -0.3 is 19.2 Å². The Morgan fingerprint density at radius 1 is 1.10 bits per heavy atom. The molecule has 0 unspecified atom stereocenters. The first-order chi connectivity index (χ1) is 14.5. The molecule has 4 rings (SSSR count). The fourth-order valence-electron chi connectivity index (χ4n) is 4.11.